The fraction of sp³-hybridized carbons (Fsp3) is 0.389. The summed E-state index contributed by atoms with van der Waals surface area (Å²) in [4.78, 5) is 30.8. The van der Waals surface area contributed by atoms with E-state index in [0.717, 1.165) is 18.4 Å². The number of nitrogens with zero attached hydrogens (tertiary/aromatic N) is 3. The summed E-state index contributed by atoms with van der Waals surface area (Å²) in [6, 6.07) is 8.83. The topological polar surface area (TPSA) is 90.5 Å². The van der Waals surface area contributed by atoms with Gasteiger partial charge in [0.2, 0.25) is 0 Å². The van der Waals surface area contributed by atoms with E-state index in [1.807, 2.05) is 30.3 Å². The number of nitrogen functional groups attached to an aromatic ring is 1. The number of amides is 1. The predicted octanol–water partition coefficient (Wildman–Crippen LogP) is 1.61. The average molecular weight is 342 g/mol. The number of methoxy groups -OCH3 is 1. The summed E-state index contributed by atoms with van der Waals surface area (Å²) in [7, 11) is 1.37. The number of benzene rings is 1. The first-order chi connectivity index (χ1) is 12.1. The molecule has 0 saturated carbocycles. The van der Waals surface area contributed by atoms with E-state index in [-0.39, 0.29) is 24.3 Å². The van der Waals surface area contributed by atoms with Crippen LogP contribution < -0.4 is 5.73 Å². The summed E-state index contributed by atoms with van der Waals surface area (Å²) < 4.78 is 6.49. The van der Waals surface area contributed by atoms with Crippen molar-refractivity contribution in [2.75, 3.05) is 19.4 Å². The van der Waals surface area contributed by atoms with Crippen LogP contribution in [0.2, 0.25) is 0 Å². The molecular formula is C18H22N4O3. The Labute approximate surface area is 146 Å². The van der Waals surface area contributed by atoms with Crippen LogP contribution >= 0.6 is 0 Å². The quantitative estimate of drug-likeness (QED) is 0.834. The number of imidazole rings is 1. The summed E-state index contributed by atoms with van der Waals surface area (Å²) >= 11 is 0. The summed E-state index contributed by atoms with van der Waals surface area (Å²) in [5.74, 6) is 0.00380. The molecule has 3 rings (SSSR count). The highest BCUT2D eigenvalue weighted by atomic mass is 16.5. The smallest absolute Gasteiger partial charge is 0.307 e. The Hall–Kier alpha value is -2.83. The highest BCUT2D eigenvalue weighted by Crippen LogP contribution is 2.28. The van der Waals surface area contributed by atoms with E-state index in [2.05, 4.69) is 4.98 Å². The zero-order chi connectivity index (χ0) is 17.8. The van der Waals surface area contributed by atoms with E-state index in [4.69, 9.17) is 10.5 Å². The van der Waals surface area contributed by atoms with Gasteiger partial charge in [0.15, 0.2) is 0 Å². The van der Waals surface area contributed by atoms with Crippen molar-refractivity contribution in [1.82, 2.24) is 14.5 Å². The minimum atomic E-state index is -0.552. The number of rotatable bonds is 5. The van der Waals surface area contributed by atoms with Crippen molar-refractivity contribution in [3.63, 3.8) is 0 Å². The number of esters is 1. The molecule has 0 spiro atoms. The molecule has 1 aliphatic heterocycles. The second kappa shape index (κ2) is 7.38. The molecule has 1 unspecified atom stereocenters. The molecule has 132 valence electrons. The number of carbonyl (C=O) groups is 2. The molecule has 0 radical (unpaired) electrons. The van der Waals surface area contributed by atoms with Gasteiger partial charge in [-0.15, -0.1) is 0 Å². The molecule has 2 N–H and O–H groups in total. The Morgan fingerprint density at radius 1 is 1.36 bits per heavy atom. The molecule has 2 aromatic rings. The third-order valence-corrected chi connectivity index (χ3v) is 4.56. The van der Waals surface area contributed by atoms with Crippen molar-refractivity contribution in [3.05, 3.63) is 48.4 Å². The molecule has 2 heterocycles. The van der Waals surface area contributed by atoms with Crippen LogP contribution in [0.4, 0.5) is 5.82 Å². The maximum atomic E-state index is 13.3. The zero-order valence-electron chi connectivity index (χ0n) is 14.2. The molecule has 25 heavy (non-hydrogen) atoms. The molecule has 1 fully saturated rings. The fourth-order valence-corrected chi connectivity index (χ4v) is 3.34. The molecule has 7 heteroatoms. The first kappa shape index (κ1) is 17.0. The van der Waals surface area contributed by atoms with E-state index < -0.39 is 6.04 Å². The number of hydrogen-bond donors (Lipinski definition) is 1. The number of ether oxygens (including phenoxy) is 1. The molecule has 1 amide bonds. The molecular weight excluding hydrogens is 320 g/mol. The molecule has 1 aromatic heterocycles. The van der Waals surface area contributed by atoms with Crippen LogP contribution in [-0.4, -0.2) is 46.0 Å². The third kappa shape index (κ3) is 3.65. The lowest BCUT2D eigenvalue weighted by Crippen LogP contribution is -2.41. The fourth-order valence-electron chi connectivity index (χ4n) is 3.34. The van der Waals surface area contributed by atoms with Gasteiger partial charge in [0, 0.05) is 18.8 Å². The van der Waals surface area contributed by atoms with Gasteiger partial charge in [0.05, 0.1) is 19.9 Å². The standard InChI is InChI=1S/C18H22N4O3/c1-25-16(23)10-14-8-5-9-22(14)18(24)17(13-6-3-2-4-7-13)21-11-15(19)20-12-21/h2-4,6-7,11-12,14,17H,5,8-10,19H2,1H3/t14-,17?/m0/s1. The highest BCUT2D eigenvalue weighted by Gasteiger charge is 2.35. The summed E-state index contributed by atoms with van der Waals surface area (Å²) in [6.07, 6.45) is 5.11. The van der Waals surface area contributed by atoms with Crippen LogP contribution in [0, 0.1) is 0 Å². The minimum absolute atomic E-state index is 0.0602. The number of hydrogen-bond acceptors (Lipinski definition) is 5. The largest absolute Gasteiger partial charge is 0.469 e. The Bertz CT molecular complexity index is 744. The number of carbonyl (C=O) groups excluding carboxylic acids is 2. The predicted molar refractivity (Wildman–Crippen MR) is 92.6 cm³/mol. The summed E-state index contributed by atoms with van der Waals surface area (Å²) in [5, 5.41) is 0. The van der Waals surface area contributed by atoms with E-state index in [9.17, 15) is 9.59 Å². The van der Waals surface area contributed by atoms with Crippen molar-refractivity contribution >= 4 is 17.7 Å². The van der Waals surface area contributed by atoms with Crippen molar-refractivity contribution in [3.8, 4) is 0 Å². The minimum Gasteiger partial charge on any atom is -0.469 e. The second-order valence-corrected chi connectivity index (χ2v) is 6.17. The van der Waals surface area contributed by atoms with Crippen molar-refractivity contribution in [2.24, 2.45) is 0 Å². The van der Waals surface area contributed by atoms with E-state index in [1.165, 1.54) is 7.11 Å². The average Bonchev–Trinajstić information content (AvgIpc) is 3.25. The number of nitrogens with two attached hydrogens (primary N) is 1. The maximum absolute atomic E-state index is 13.3. The number of likely N-dealkylation sites (tertiary alicyclic amines) is 1. The maximum Gasteiger partial charge on any atom is 0.307 e. The Balaban J connectivity index is 1.90. The van der Waals surface area contributed by atoms with Crippen molar-refractivity contribution < 1.29 is 14.3 Å². The normalized spacial score (nSPS) is 18.1. The monoisotopic (exact) mass is 342 g/mol. The third-order valence-electron chi connectivity index (χ3n) is 4.56. The van der Waals surface area contributed by atoms with Crippen LogP contribution in [0.25, 0.3) is 0 Å². The van der Waals surface area contributed by atoms with E-state index in [0.29, 0.717) is 12.4 Å². The van der Waals surface area contributed by atoms with Gasteiger partial charge in [-0.1, -0.05) is 30.3 Å². The summed E-state index contributed by atoms with van der Waals surface area (Å²) in [6.45, 7) is 0.633. The molecule has 1 saturated heterocycles. The van der Waals surface area contributed by atoms with Crippen LogP contribution in [0.1, 0.15) is 30.9 Å². The van der Waals surface area contributed by atoms with Gasteiger partial charge in [0.25, 0.3) is 5.91 Å². The first-order valence-corrected chi connectivity index (χ1v) is 8.31. The van der Waals surface area contributed by atoms with E-state index >= 15 is 0 Å². The molecule has 1 aromatic carbocycles. The molecule has 0 aliphatic carbocycles. The van der Waals surface area contributed by atoms with Crippen LogP contribution in [0.5, 0.6) is 0 Å². The van der Waals surface area contributed by atoms with Gasteiger partial charge >= 0.3 is 5.97 Å². The molecule has 1 aliphatic rings. The number of anilines is 1. The highest BCUT2D eigenvalue weighted by molar-refractivity contribution is 5.85. The lowest BCUT2D eigenvalue weighted by atomic mass is 10.0. The second-order valence-electron chi connectivity index (χ2n) is 6.17. The van der Waals surface area contributed by atoms with Crippen molar-refractivity contribution in [1.29, 1.82) is 0 Å². The van der Waals surface area contributed by atoms with Gasteiger partial charge in [-0.05, 0) is 18.4 Å². The molecule has 2 atom stereocenters. The van der Waals surface area contributed by atoms with Crippen molar-refractivity contribution in [2.45, 2.75) is 31.3 Å². The Morgan fingerprint density at radius 2 is 2.12 bits per heavy atom. The SMILES string of the molecule is COC(=O)C[C@@H]1CCCN1C(=O)C(c1ccccc1)n1cnc(N)c1. The van der Waals surface area contributed by atoms with Gasteiger partial charge in [-0.2, -0.15) is 0 Å². The lowest BCUT2D eigenvalue weighted by molar-refractivity contribution is -0.143. The number of aromatic nitrogens is 2. The van der Waals surface area contributed by atoms with Crippen LogP contribution in [0.15, 0.2) is 42.9 Å². The van der Waals surface area contributed by atoms with Gasteiger partial charge in [-0.3, -0.25) is 9.59 Å². The van der Waals surface area contributed by atoms with E-state index in [1.54, 1.807) is 22.0 Å². The molecule has 7 nitrogen and oxygen atoms in total. The van der Waals surface area contributed by atoms with Crippen LogP contribution in [-0.2, 0) is 14.3 Å². The van der Waals surface area contributed by atoms with Gasteiger partial charge in [-0.25, -0.2) is 4.98 Å². The molecule has 0 bridgehead atoms. The summed E-state index contributed by atoms with van der Waals surface area (Å²) in [5.41, 5.74) is 6.60. The lowest BCUT2D eigenvalue weighted by Gasteiger charge is -2.29. The first-order valence-electron chi connectivity index (χ1n) is 8.31. The van der Waals surface area contributed by atoms with Crippen LogP contribution in [0.3, 0.4) is 0 Å². The Morgan fingerprint density at radius 3 is 2.76 bits per heavy atom. The Kier molecular flexibility index (Phi) is 5.02. The van der Waals surface area contributed by atoms with Gasteiger partial charge < -0.3 is 19.9 Å². The zero-order valence-corrected chi connectivity index (χ0v) is 14.2. The van der Waals surface area contributed by atoms with Gasteiger partial charge in [0.1, 0.15) is 11.9 Å².